The van der Waals surface area contributed by atoms with Crippen molar-refractivity contribution in [3.63, 3.8) is 0 Å². The van der Waals surface area contributed by atoms with Crippen molar-refractivity contribution in [1.29, 1.82) is 0 Å². The molecule has 1 aromatic heterocycles. The lowest BCUT2D eigenvalue weighted by molar-refractivity contribution is -0.0605. The molecule has 2 aliphatic rings. The Bertz CT molecular complexity index is 810. The summed E-state index contributed by atoms with van der Waals surface area (Å²) >= 11 is 0. The third kappa shape index (κ3) is 2.35. The fraction of sp³-hybridized carbons (Fsp3) is 0.400. The topological polar surface area (TPSA) is 60.3 Å². The van der Waals surface area contributed by atoms with Gasteiger partial charge >= 0.3 is 0 Å². The van der Waals surface area contributed by atoms with Crippen LogP contribution in [0.25, 0.3) is 0 Å². The van der Waals surface area contributed by atoms with E-state index in [0.717, 1.165) is 5.69 Å². The number of halogens is 3. The number of aromatic nitrogens is 3. The summed E-state index contributed by atoms with van der Waals surface area (Å²) in [7, 11) is 0. The minimum Gasteiger partial charge on any atom is -0.370 e. The molecule has 24 heavy (non-hydrogen) atoms. The Balaban J connectivity index is 1.60. The Labute approximate surface area is 134 Å². The first-order valence-corrected chi connectivity index (χ1v) is 7.49. The number of nitrogens with zero attached hydrogens (tertiary/aromatic N) is 4. The van der Waals surface area contributed by atoms with Crippen molar-refractivity contribution >= 4 is 5.91 Å². The van der Waals surface area contributed by atoms with Crippen molar-refractivity contribution in [1.82, 2.24) is 19.9 Å². The Morgan fingerprint density at radius 1 is 1.21 bits per heavy atom. The summed E-state index contributed by atoms with van der Waals surface area (Å²) < 4.78 is 47.7. The smallest absolute Gasteiger partial charge is 0.257 e. The molecule has 1 saturated heterocycles. The summed E-state index contributed by atoms with van der Waals surface area (Å²) in [5.41, 5.74) is 0.312. The molecule has 2 aromatic rings. The highest BCUT2D eigenvalue weighted by atomic mass is 19.2. The molecule has 0 radical (unpaired) electrons. The van der Waals surface area contributed by atoms with Crippen molar-refractivity contribution in [3.8, 4) is 0 Å². The zero-order valence-corrected chi connectivity index (χ0v) is 12.5. The van der Waals surface area contributed by atoms with Crippen LogP contribution >= 0.6 is 0 Å². The summed E-state index contributed by atoms with van der Waals surface area (Å²) in [4.78, 5) is 13.9. The van der Waals surface area contributed by atoms with Gasteiger partial charge in [0.1, 0.15) is 5.82 Å². The van der Waals surface area contributed by atoms with Crippen LogP contribution in [0.4, 0.5) is 13.2 Å². The summed E-state index contributed by atoms with van der Waals surface area (Å²) in [5, 5.41) is 7.85. The molecular formula is C15H13F3N4O2. The summed E-state index contributed by atoms with van der Waals surface area (Å²) in [6.07, 6.45) is 2.02. The molecule has 6 nitrogen and oxygen atoms in total. The molecule has 0 aliphatic carbocycles. The highest BCUT2D eigenvalue weighted by Crippen LogP contribution is 2.31. The maximum Gasteiger partial charge on any atom is 0.257 e. The largest absolute Gasteiger partial charge is 0.370 e. The number of carbonyl (C=O) groups excluding carboxylic acids is 1. The zero-order chi connectivity index (χ0) is 16.8. The van der Waals surface area contributed by atoms with E-state index in [9.17, 15) is 18.0 Å². The van der Waals surface area contributed by atoms with Crippen molar-refractivity contribution < 1.29 is 22.7 Å². The van der Waals surface area contributed by atoms with Crippen molar-refractivity contribution in [3.05, 3.63) is 47.0 Å². The maximum atomic E-state index is 13.9. The number of hydrogen-bond donors (Lipinski definition) is 0. The predicted molar refractivity (Wildman–Crippen MR) is 74.5 cm³/mol. The van der Waals surface area contributed by atoms with Gasteiger partial charge in [0.15, 0.2) is 11.6 Å². The lowest BCUT2D eigenvalue weighted by Crippen LogP contribution is -2.50. The van der Waals surface area contributed by atoms with Crippen molar-refractivity contribution in [2.75, 3.05) is 13.1 Å². The molecule has 4 rings (SSSR count). The molecule has 0 bridgehead atoms. The normalized spacial score (nSPS) is 22.9. The molecule has 2 aliphatic heterocycles. The number of carbonyl (C=O) groups is 1. The van der Waals surface area contributed by atoms with Crippen LogP contribution in [0.2, 0.25) is 0 Å². The molecule has 1 fully saturated rings. The van der Waals surface area contributed by atoms with Crippen LogP contribution in [-0.2, 0) is 11.3 Å². The molecular weight excluding hydrogens is 325 g/mol. The Morgan fingerprint density at radius 3 is 2.83 bits per heavy atom. The molecule has 1 amide bonds. The molecule has 126 valence electrons. The van der Waals surface area contributed by atoms with Gasteiger partial charge in [0.2, 0.25) is 0 Å². The van der Waals surface area contributed by atoms with Gasteiger partial charge in [0.05, 0.1) is 36.2 Å². The SMILES string of the molecule is O=C(c1cc(F)c(F)cc1F)N1CC[C@@H]2OCc3cnnn3[C@H]2C1. The van der Waals surface area contributed by atoms with Gasteiger partial charge in [-0.3, -0.25) is 4.79 Å². The number of likely N-dealkylation sites (tertiary alicyclic amines) is 1. The van der Waals surface area contributed by atoms with Crippen LogP contribution in [0.5, 0.6) is 0 Å². The van der Waals surface area contributed by atoms with Crippen molar-refractivity contribution in [2.24, 2.45) is 0 Å². The number of amides is 1. The van der Waals surface area contributed by atoms with Crippen molar-refractivity contribution in [2.45, 2.75) is 25.2 Å². The van der Waals surface area contributed by atoms with Gasteiger partial charge in [0, 0.05) is 19.2 Å². The summed E-state index contributed by atoms with van der Waals surface area (Å²) in [6.45, 7) is 0.973. The fourth-order valence-corrected chi connectivity index (χ4v) is 3.22. The van der Waals surface area contributed by atoms with Gasteiger partial charge in [-0.2, -0.15) is 0 Å². The number of benzene rings is 1. The first kappa shape index (κ1) is 15.1. The lowest BCUT2D eigenvalue weighted by Gasteiger charge is -2.41. The monoisotopic (exact) mass is 338 g/mol. The third-order valence-electron chi connectivity index (χ3n) is 4.46. The van der Waals surface area contributed by atoms with Crippen LogP contribution in [0.3, 0.4) is 0 Å². The number of piperidine rings is 1. The van der Waals surface area contributed by atoms with Crippen LogP contribution in [-0.4, -0.2) is 45.0 Å². The second kappa shape index (κ2) is 5.59. The van der Waals surface area contributed by atoms with Crippen LogP contribution in [0.1, 0.15) is 28.5 Å². The van der Waals surface area contributed by atoms with E-state index in [-0.39, 0.29) is 18.7 Å². The second-order valence-corrected chi connectivity index (χ2v) is 5.87. The summed E-state index contributed by atoms with van der Waals surface area (Å²) in [5.74, 6) is -4.34. The van der Waals surface area contributed by atoms with E-state index in [0.29, 0.717) is 31.7 Å². The lowest BCUT2D eigenvalue weighted by atomic mass is 9.99. The van der Waals surface area contributed by atoms with Gasteiger partial charge < -0.3 is 9.64 Å². The predicted octanol–water partition coefficient (Wildman–Crippen LogP) is 1.68. The number of ether oxygens (including phenoxy) is 1. The molecule has 2 atom stereocenters. The minimum absolute atomic E-state index is 0.113. The van der Waals surface area contributed by atoms with E-state index >= 15 is 0 Å². The van der Waals surface area contributed by atoms with Crippen LogP contribution in [0, 0.1) is 17.5 Å². The molecule has 3 heterocycles. The Hall–Kier alpha value is -2.42. The minimum atomic E-state index is -1.32. The van der Waals surface area contributed by atoms with E-state index in [1.54, 1.807) is 10.9 Å². The highest BCUT2D eigenvalue weighted by Gasteiger charge is 2.38. The fourth-order valence-electron chi connectivity index (χ4n) is 3.22. The first-order valence-electron chi connectivity index (χ1n) is 7.49. The molecule has 1 aromatic carbocycles. The van der Waals surface area contributed by atoms with Gasteiger partial charge in [-0.15, -0.1) is 5.10 Å². The van der Waals surface area contributed by atoms with Gasteiger partial charge in [-0.1, -0.05) is 5.21 Å². The standard InChI is InChI=1S/C15H13F3N4O2/c16-10-4-12(18)11(17)3-9(10)15(23)21-2-1-14-13(6-21)22-8(7-24-14)5-19-20-22/h3-5,13-14H,1-2,6-7H2/t13-,14-/m0/s1. The number of rotatable bonds is 1. The van der Waals surface area contributed by atoms with E-state index in [1.165, 1.54) is 4.90 Å². The maximum absolute atomic E-state index is 13.9. The van der Waals surface area contributed by atoms with E-state index in [4.69, 9.17) is 4.74 Å². The molecule has 9 heteroatoms. The van der Waals surface area contributed by atoms with E-state index in [2.05, 4.69) is 10.3 Å². The molecule has 0 N–H and O–H groups in total. The highest BCUT2D eigenvalue weighted by molar-refractivity contribution is 5.94. The number of fused-ring (bicyclic) bond motifs is 3. The van der Waals surface area contributed by atoms with Crippen LogP contribution < -0.4 is 0 Å². The average Bonchev–Trinajstić information content (AvgIpc) is 3.06. The quantitative estimate of drug-likeness (QED) is 0.743. The number of hydrogen-bond acceptors (Lipinski definition) is 4. The van der Waals surface area contributed by atoms with E-state index in [1.807, 2.05) is 0 Å². The molecule has 0 saturated carbocycles. The first-order chi connectivity index (χ1) is 11.5. The van der Waals surface area contributed by atoms with Gasteiger partial charge in [0.25, 0.3) is 5.91 Å². The Kier molecular flexibility index (Phi) is 3.52. The van der Waals surface area contributed by atoms with Gasteiger partial charge in [-0.05, 0) is 12.5 Å². The zero-order valence-electron chi connectivity index (χ0n) is 12.5. The molecule has 0 unspecified atom stereocenters. The van der Waals surface area contributed by atoms with Gasteiger partial charge in [-0.25, -0.2) is 17.9 Å². The summed E-state index contributed by atoms with van der Waals surface area (Å²) in [6, 6.07) is 0.744. The average molecular weight is 338 g/mol. The second-order valence-electron chi connectivity index (χ2n) is 5.87. The van der Waals surface area contributed by atoms with Crippen LogP contribution in [0.15, 0.2) is 18.3 Å². The van der Waals surface area contributed by atoms with E-state index < -0.39 is 28.9 Å². The Morgan fingerprint density at radius 2 is 2.00 bits per heavy atom. The third-order valence-corrected chi connectivity index (χ3v) is 4.46. The molecule has 0 spiro atoms.